The van der Waals surface area contributed by atoms with Gasteiger partial charge in [-0.1, -0.05) is 24.3 Å². The van der Waals surface area contributed by atoms with E-state index in [0.29, 0.717) is 0 Å². The van der Waals surface area contributed by atoms with Gasteiger partial charge in [-0.3, -0.25) is 20.2 Å². The largest absolute Gasteiger partial charge is 0.346 e. The van der Waals surface area contributed by atoms with Gasteiger partial charge in [0.15, 0.2) is 9.84 Å². The first-order valence-electron chi connectivity index (χ1n) is 6.01. The lowest BCUT2D eigenvalue weighted by Crippen LogP contribution is -2.06. The number of rotatable bonds is 5. The normalized spacial score (nSPS) is 11.1. The molecule has 8 nitrogen and oxygen atoms in total. The van der Waals surface area contributed by atoms with Gasteiger partial charge in [0.25, 0.3) is 0 Å². The van der Waals surface area contributed by atoms with Gasteiger partial charge in [0.05, 0.1) is 20.5 Å². The fourth-order valence-corrected chi connectivity index (χ4v) is 3.25. The SMILES string of the molecule is O=[N+]([O-])c1ccc(CS(=O)(=O)c2ccccc2)cc1[N+](=O)[O-]. The van der Waals surface area contributed by atoms with Gasteiger partial charge in [-0.05, 0) is 17.7 Å². The molecule has 0 bridgehead atoms. The van der Waals surface area contributed by atoms with Crippen LogP contribution in [-0.4, -0.2) is 18.3 Å². The maximum Gasteiger partial charge on any atom is 0.346 e. The second-order valence-corrected chi connectivity index (χ2v) is 6.40. The lowest BCUT2D eigenvalue weighted by molar-refractivity contribution is -0.422. The van der Waals surface area contributed by atoms with E-state index in [1.807, 2.05) is 0 Å². The third-order valence-electron chi connectivity index (χ3n) is 2.89. The molecule has 0 atom stereocenters. The van der Waals surface area contributed by atoms with E-state index in [2.05, 4.69) is 0 Å². The minimum absolute atomic E-state index is 0.0796. The molecule has 0 aliphatic carbocycles. The van der Waals surface area contributed by atoms with Crippen LogP contribution in [0.3, 0.4) is 0 Å². The molecular formula is C13H10N2O6S. The van der Waals surface area contributed by atoms with Crippen LogP contribution in [0.25, 0.3) is 0 Å². The molecule has 0 N–H and O–H groups in total. The monoisotopic (exact) mass is 322 g/mol. The van der Waals surface area contributed by atoms with Gasteiger partial charge in [0.2, 0.25) is 0 Å². The van der Waals surface area contributed by atoms with E-state index in [4.69, 9.17) is 0 Å². The molecule has 0 radical (unpaired) electrons. The topological polar surface area (TPSA) is 120 Å². The van der Waals surface area contributed by atoms with Crippen molar-refractivity contribution in [1.82, 2.24) is 0 Å². The van der Waals surface area contributed by atoms with E-state index in [1.165, 1.54) is 18.2 Å². The van der Waals surface area contributed by atoms with Gasteiger partial charge >= 0.3 is 11.4 Å². The van der Waals surface area contributed by atoms with Crippen molar-refractivity contribution in [2.75, 3.05) is 0 Å². The molecule has 114 valence electrons. The number of nitrogens with zero attached hydrogens (tertiary/aromatic N) is 2. The molecule has 2 rings (SSSR count). The van der Waals surface area contributed by atoms with Gasteiger partial charge in [-0.15, -0.1) is 0 Å². The van der Waals surface area contributed by atoms with Gasteiger partial charge in [-0.25, -0.2) is 8.42 Å². The Morgan fingerprint density at radius 1 is 0.864 bits per heavy atom. The van der Waals surface area contributed by atoms with Crippen LogP contribution < -0.4 is 0 Å². The number of nitro groups is 2. The summed E-state index contributed by atoms with van der Waals surface area (Å²) in [5.74, 6) is -0.476. The van der Waals surface area contributed by atoms with Crippen LogP contribution in [0.2, 0.25) is 0 Å². The van der Waals surface area contributed by atoms with Crippen molar-refractivity contribution < 1.29 is 18.3 Å². The zero-order chi connectivity index (χ0) is 16.3. The number of hydrogen-bond donors (Lipinski definition) is 0. The summed E-state index contributed by atoms with van der Waals surface area (Å²) in [4.78, 5) is 19.9. The molecule has 0 spiro atoms. The lowest BCUT2D eigenvalue weighted by atomic mass is 10.2. The summed E-state index contributed by atoms with van der Waals surface area (Å²) in [7, 11) is -3.68. The van der Waals surface area contributed by atoms with Gasteiger partial charge in [-0.2, -0.15) is 0 Å². The van der Waals surface area contributed by atoms with E-state index in [9.17, 15) is 28.6 Å². The van der Waals surface area contributed by atoms with E-state index < -0.39 is 36.8 Å². The number of nitro benzene ring substituents is 2. The zero-order valence-corrected chi connectivity index (χ0v) is 11.9. The van der Waals surface area contributed by atoms with Crippen molar-refractivity contribution in [2.24, 2.45) is 0 Å². The molecule has 22 heavy (non-hydrogen) atoms. The first-order valence-corrected chi connectivity index (χ1v) is 7.66. The van der Waals surface area contributed by atoms with Gasteiger partial charge in [0.1, 0.15) is 0 Å². The Morgan fingerprint density at radius 3 is 2.00 bits per heavy atom. The van der Waals surface area contributed by atoms with E-state index in [-0.39, 0.29) is 10.5 Å². The Labute approximate surface area is 125 Å². The molecular weight excluding hydrogens is 312 g/mol. The molecule has 0 amide bonds. The maximum atomic E-state index is 12.2. The van der Waals surface area contributed by atoms with E-state index in [1.54, 1.807) is 18.2 Å². The summed E-state index contributed by atoms with van der Waals surface area (Å²) in [5, 5.41) is 21.6. The molecule has 0 unspecified atom stereocenters. The lowest BCUT2D eigenvalue weighted by Gasteiger charge is -2.04. The Morgan fingerprint density at radius 2 is 1.45 bits per heavy atom. The summed E-state index contributed by atoms with van der Waals surface area (Å²) in [6.07, 6.45) is 0. The van der Waals surface area contributed by atoms with Crippen molar-refractivity contribution in [3.63, 3.8) is 0 Å². The molecule has 0 heterocycles. The Balaban J connectivity index is 2.41. The van der Waals surface area contributed by atoms with Crippen LogP contribution in [0.15, 0.2) is 53.4 Å². The molecule has 2 aromatic carbocycles. The minimum Gasteiger partial charge on any atom is -0.258 e. The van der Waals surface area contributed by atoms with Crippen molar-refractivity contribution >= 4 is 21.2 Å². The molecule has 0 saturated heterocycles. The standard InChI is InChI=1S/C13H10N2O6S/c16-14(17)12-7-6-10(8-13(12)15(18)19)9-22(20,21)11-4-2-1-3-5-11/h1-8H,9H2. The van der Waals surface area contributed by atoms with Crippen LogP contribution in [0.4, 0.5) is 11.4 Å². The Hall–Kier alpha value is -2.81. The quantitative estimate of drug-likeness (QED) is 0.616. The van der Waals surface area contributed by atoms with Crippen molar-refractivity contribution in [3.05, 3.63) is 74.3 Å². The molecule has 0 aliphatic rings. The zero-order valence-electron chi connectivity index (χ0n) is 11.1. The van der Waals surface area contributed by atoms with Crippen molar-refractivity contribution in [2.45, 2.75) is 10.6 Å². The molecule has 0 fully saturated rings. The number of hydrogen-bond acceptors (Lipinski definition) is 6. The highest BCUT2D eigenvalue weighted by atomic mass is 32.2. The summed E-state index contributed by atoms with van der Waals surface area (Å²) < 4.78 is 24.4. The van der Waals surface area contributed by atoms with Crippen LogP contribution >= 0.6 is 0 Å². The third-order valence-corrected chi connectivity index (χ3v) is 4.60. The summed E-state index contributed by atoms with van der Waals surface area (Å²) in [6.45, 7) is 0. The smallest absolute Gasteiger partial charge is 0.258 e. The molecule has 0 aromatic heterocycles. The first kappa shape index (κ1) is 15.6. The second-order valence-electron chi connectivity index (χ2n) is 4.41. The number of benzene rings is 2. The molecule has 0 saturated carbocycles. The van der Waals surface area contributed by atoms with Gasteiger partial charge in [0, 0.05) is 12.1 Å². The van der Waals surface area contributed by atoms with Crippen molar-refractivity contribution in [1.29, 1.82) is 0 Å². The number of sulfone groups is 1. The third kappa shape index (κ3) is 3.26. The highest BCUT2D eigenvalue weighted by molar-refractivity contribution is 7.90. The predicted octanol–water partition coefficient (Wildman–Crippen LogP) is 2.48. The van der Waals surface area contributed by atoms with Crippen LogP contribution in [0.1, 0.15) is 5.56 Å². The molecule has 0 aliphatic heterocycles. The fourth-order valence-electron chi connectivity index (χ4n) is 1.89. The van der Waals surface area contributed by atoms with Gasteiger partial charge < -0.3 is 0 Å². The van der Waals surface area contributed by atoms with E-state index >= 15 is 0 Å². The first-order chi connectivity index (χ1) is 10.3. The summed E-state index contributed by atoms with van der Waals surface area (Å²) >= 11 is 0. The fraction of sp³-hybridized carbons (Fsp3) is 0.0769. The van der Waals surface area contributed by atoms with Crippen LogP contribution in [0.5, 0.6) is 0 Å². The highest BCUT2D eigenvalue weighted by Crippen LogP contribution is 2.29. The Kier molecular flexibility index (Phi) is 4.18. The minimum atomic E-state index is -3.68. The summed E-state index contributed by atoms with van der Waals surface area (Å²) in [5.41, 5.74) is -1.29. The van der Waals surface area contributed by atoms with Crippen LogP contribution in [-0.2, 0) is 15.6 Å². The maximum absolute atomic E-state index is 12.2. The van der Waals surface area contributed by atoms with Crippen LogP contribution in [0, 0.1) is 20.2 Å². The molecule has 2 aromatic rings. The Bertz CT molecular complexity index is 833. The van der Waals surface area contributed by atoms with E-state index in [0.717, 1.165) is 12.1 Å². The highest BCUT2D eigenvalue weighted by Gasteiger charge is 2.25. The molecule has 9 heteroatoms. The average molecular weight is 322 g/mol. The second kappa shape index (κ2) is 5.90. The predicted molar refractivity (Wildman–Crippen MR) is 77.1 cm³/mol. The average Bonchev–Trinajstić information content (AvgIpc) is 2.47. The summed E-state index contributed by atoms with van der Waals surface area (Å²) in [6, 6.07) is 10.7. The van der Waals surface area contributed by atoms with Crippen molar-refractivity contribution in [3.8, 4) is 0 Å².